The predicted molar refractivity (Wildman–Crippen MR) is 153 cm³/mol. The second-order valence-corrected chi connectivity index (χ2v) is 13.6. The van der Waals surface area contributed by atoms with Crippen molar-refractivity contribution in [2.75, 3.05) is 46.4 Å². The van der Waals surface area contributed by atoms with Crippen molar-refractivity contribution >= 4 is 45.0 Å². The number of carbonyl (C=O) groups excluding carboxylic acids is 1. The highest BCUT2D eigenvalue weighted by Crippen LogP contribution is 2.57. The molecule has 5 rings (SSSR count). The van der Waals surface area contributed by atoms with E-state index >= 15 is 0 Å². The molecular weight excluding hydrogens is 574 g/mol. The van der Waals surface area contributed by atoms with Gasteiger partial charge in [-0.2, -0.15) is 4.31 Å². The number of nitrogens with zero attached hydrogens (tertiary/aromatic N) is 3. The number of thiophene rings is 1. The lowest BCUT2D eigenvalue weighted by Gasteiger charge is -2.32. The predicted octanol–water partition coefficient (Wildman–Crippen LogP) is 4.45. The zero-order valence-corrected chi connectivity index (χ0v) is 24.3. The van der Waals surface area contributed by atoms with Crippen molar-refractivity contribution in [2.24, 2.45) is 0 Å². The number of benzene rings is 2. The van der Waals surface area contributed by atoms with Crippen LogP contribution in [0.2, 0.25) is 5.02 Å². The first-order valence-electron chi connectivity index (χ1n) is 12.9. The third kappa shape index (κ3) is 5.61. The van der Waals surface area contributed by atoms with E-state index in [0.717, 1.165) is 26.8 Å². The molecule has 0 radical (unpaired) electrons. The van der Waals surface area contributed by atoms with Gasteiger partial charge in [0.1, 0.15) is 16.4 Å². The number of carboxylic acids is 1. The number of hydrogen-bond acceptors (Lipinski definition) is 7. The lowest BCUT2D eigenvalue weighted by molar-refractivity contribution is -0.143. The van der Waals surface area contributed by atoms with Crippen molar-refractivity contribution in [3.8, 4) is 10.4 Å². The molecule has 2 atom stereocenters. The molecule has 0 bridgehead atoms. The third-order valence-electron chi connectivity index (χ3n) is 7.48. The Kier molecular flexibility index (Phi) is 8.21. The van der Waals surface area contributed by atoms with Gasteiger partial charge in [0.2, 0.25) is 0 Å². The maximum atomic E-state index is 14.1. The summed E-state index contributed by atoms with van der Waals surface area (Å²) in [5.74, 6) is -1.77. The van der Waals surface area contributed by atoms with Crippen LogP contribution in [0, 0.1) is 0 Å². The van der Waals surface area contributed by atoms with E-state index in [1.807, 2.05) is 13.1 Å². The van der Waals surface area contributed by atoms with E-state index in [0.29, 0.717) is 36.1 Å². The van der Waals surface area contributed by atoms with Gasteiger partial charge in [-0.3, -0.25) is 4.79 Å². The van der Waals surface area contributed by atoms with Gasteiger partial charge in [0.25, 0.3) is 10.0 Å². The molecule has 1 aromatic heterocycles. The summed E-state index contributed by atoms with van der Waals surface area (Å²) >= 11 is 7.06. The van der Waals surface area contributed by atoms with E-state index < -0.39 is 33.5 Å². The van der Waals surface area contributed by atoms with Gasteiger partial charge in [-0.1, -0.05) is 54.1 Å². The fourth-order valence-electron chi connectivity index (χ4n) is 5.12. The highest BCUT2D eigenvalue weighted by atomic mass is 35.5. The number of carboxylic acid groups (broad SMARTS) is 1. The zero-order chi connectivity index (χ0) is 28.5. The summed E-state index contributed by atoms with van der Waals surface area (Å²) in [6.07, 6.45) is -0.417. The highest BCUT2D eigenvalue weighted by molar-refractivity contribution is 7.91. The molecule has 3 aromatic rings. The first-order chi connectivity index (χ1) is 19.1. The molecule has 1 amide bonds. The summed E-state index contributed by atoms with van der Waals surface area (Å²) in [6, 6.07) is 19.3. The average molecular weight is 604 g/mol. The summed E-state index contributed by atoms with van der Waals surface area (Å²) in [6.45, 7) is 1.89. The third-order valence-corrected chi connectivity index (χ3v) is 11.3. The van der Waals surface area contributed by atoms with Crippen LogP contribution >= 0.6 is 22.9 Å². The number of likely N-dealkylation sites (N-methyl/N-ethyl adjacent to an activating group) is 1. The Labute approximate surface area is 242 Å². The Morgan fingerprint density at radius 3 is 2.38 bits per heavy atom. The summed E-state index contributed by atoms with van der Waals surface area (Å²) < 4.78 is 34.7. The maximum absolute atomic E-state index is 14.1. The highest BCUT2D eigenvalue weighted by Gasteiger charge is 2.68. The van der Waals surface area contributed by atoms with Crippen LogP contribution in [0.5, 0.6) is 0 Å². The summed E-state index contributed by atoms with van der Waals surface area (Å²) in [5.41, 5.74) is -0.150. The topological polar surface area (TPSA) is 107 Å². The molecule has 1 N–H and O–H groups in total. The lowest BCUT2D eigenvalue weighted by atomic mass is 10.1. The molecule has 12 heteroatoms. The molecule has 1 aliphatic heterocycles. The van der Waals surface area contributed by atoms with Crippen LogP contribution in [0.25, 0.3) is 10.4 Å². The standard InChI is InChI=1S/C28H30ClN3O6S2/c1-30-13-15-31(16-14-30)27(35)38-18-17-32(28(26(33)34)19-23(28)20-5-3-2-4-6-20)40(36,37)25-12-11-24(39-25)21-7-9-22(29)10-8-21/h2-12,23H,13-19H2,1H3,(H,33,34)/t23-,28-/m1/s1. The molecule has 40 heavy (non-hydrogen) atoms. The molecule has 2 aliphatic rings. The normalized spacial score (nSPS) is 21.4. The number of hydrogen-bond donors (Lipinski definition) is 1. The number of piperazine rings is 1. The van der Waals surface area contributed by atoms with Crippen molar-refractivity contribution < 1.29 is 27.9 Å². The van der Waals surface area contributed by atoms with E-state index in [1.54, 1.807) is 59.5 Å². The molecular formula is C28H30ClN3O6S2. The zero-order valence-electron chi connectivity index (χ0n) is 21.9. The number of rotatable bonds is 9. The fourth-order valence-corrected chi connectivity index (χ4v) is 8.43. The molecule has 212 valence electrons. The van der Waals surface area contributed by atoms with Gasteiger partial charge >= 0.3 is 12.1 Å². The second-order valence-electron chi connectivity index (χ2n) is 10.0. The number of ether oxygens (including phenoxy) is 1. The quantitative estimate of drug-likeness (QED) is 0.385. The van der Waals surface area contributed by atoms with Crippen LogP contribution in [0.1, 0.15) is 17.9 Å². The summed E-state index contributed by atoms with van der Waals surface area (Å²) in [7, 11) is -2.30. The Morgan fingerprint density at radius 2 is 1.73 bits per heavy atom. The summed E-state index contributed by atoms with van der Waals surface area (Å²) in [4.78, 5) is 29.8. The molecule has 1 saturated heterocycles. The number of carbonyl (C=O) groups is 2. The van der Waals surface area contributed by atoms with Gasteiger partial charge in [0.15, 0.2) is 0 Å². The van der Waals surface area contributed by atoms with Crippen molar-refractivity contribution in [2.45, 2.75) is 22.1 Å². The molecule has 2 aromatic carbocycles. The van der Waals surface area contributed by atoms with E-state index in [9.17, 15) is 23.1 Å². The van der Waals surface area contributed by atoms with E-state index in [1.165, 1.54) is 6.07 Å². The monoisotopic (exact) mass is 603 g/mol. The molecule has 1 aliphatic carbocycles. The maximum Gasteiger partial charge on any atom is 0.409 e. The van der Waals surface area contributed by atoms with Crippen LogP contribution < -0.4 is 0 Å². The number of aliphatic carboxylic acids is 1. The fraction of sp³-hybridized carbons (Fsp3) is 0.357. The number of amides is 1. The van der Waals surface area contributed by atoms with Crippen molar-refractivity contribution in [3.63, 3.8) is 0 Å². The molecule has 1 saturated carbocycles. The van der Waals surface area contributed by atoms with Gasteiger partial charge in [-0.05, 0) is 48.9 Å². The SMILES string of the molecule is CN1CCN(C(=O)OCCN([C@]2(C(=O)O)C[C@@H]2c2ccccc2)S(=O)(=O)c2ccc(-c3ccc(Cl)cc3)s2)CC1. The molecule has 2 heterocycles. The Hall–Kier alpha value is -2.96. The smallest absolute Gasteiger partial charge is 0.409 e. The van der Waals surface area contributed by atoms with Crippen LogP contribution in [-0.2, 0) is 19.6 Å². The summed E-state index contributed by atoms with van der Waals surface area (Å²) in [5, 5.41) is 11.0. The van der Waals surface area contributed by atoms with Crippen molar-refractivity contribution in [1.29, 1.82) is 0 Å². The Bertz CT molecular complexity index is 1470. The first-order valence-corrected chi connectivity index (χ1v) is 15.5. The van der Waals surface area contributed by atoms with Gasteiger partial charge in [-0.25, -0.2) is 13.2 Å². The minimum atomic E-state index is -4.27. The lowest BCUT2D eigenvalue weighted by Crippen LogP contribution is -2.50. The Morgan fingerprint density at radius 1 is 1.05 bits per heavy atom. The molecule has 0 spiro atoms. The van der Waals surface area contributed by atoms with Gasteiger partial charge < -0.3 is 19.6 Å². The van der Waals surface area contributed by atoms with Crippen LogP contribution in [-0.4, -0.2) is 91.6 Å². The van der Waals surface area contributed by atoms with Crippen molar-refractivity contribution in [3.05, 3.63) is 77.3 Å². The van der Waals surface area contributed by atoms with Crippen LogP contribution in [0.15, 0.2) is 70.9 Å². The second kappa shape index (κ2) is 11.5. The number of halogens is 1. The minimum absolute atomic E-state index is 0.0159. The number of sulfonamides is 1. The van der Waals surface area contributed by atoms with Gasteiger partial charge in [0, 0.05) is 48.5 Å². The van der Waals surface area contributed by atoms with Crippen LogP contribution in [0.4, 0.5) is 4.79 Å². The van der Waals surface area contributed by atoms with E-state index in [4.69, 9.17) is 16.3 Å². The average Bonchev–Trinajstić information content (AvgIpc) is 3.49. The van der Waals surface area contributed by atoms with Gasteiger partial charge in [0.05, 0.1) is 0 Å². The minimum Gasteiger partial charge on any atom is -0.480 e. The Balaban J connectivity index is 1.43. The van der Waals surface area contributed by atoms with E-state index in [-0.39, 0.29) is 23.8 Å². The van der Waals surface area contributed by atoms with E-state index in [2.05, 4.69) is 4.90 Å². The molecule has 2 fully saturated rings. The molecule has 9 nitrogen and oxygen atoms in total. The molecule has 0 unspecified atom stereocenters. The van der Waals surface area contributed by atoms with Crippen molar-refractivity contribution in [1.82, 2.24) is 14.1 Å². The first kappa shape index (κ1) is 28.6. The largest absolute Gasteiger partial charge is 0.480 e. The van der Waals surface area contributed by atoms with Gasteiger partial charge in [-0.15, -0.1) is 11.3 Å². The van der Waals surface area contributed by atoms with Crippen LogP contribution in [0.3, 0.4) is 0 Å².